The van der Waals surface area contributed by atoms with Gasteiger partial charge >= 0.3 is 6.18 Å². The standard InChI is InChI=1S/C20H22F4N2S/c1-3-4-5-14-6-9-18(13(2)10-14)26-19(27)25-12-15-7-8-16(11-17(15)21)20(22,23)24/h6-11H,3-5,12H2,1-2H3,(H2,25,26,27). The minimum Gasteiger partial charge on any atom is -0.358 e. The molecule has 0 radical (unpaired) electrons. The maximum absolute atomic E-state index is 13.9. The summed E-state index contributed by atoms with van der Waals surface area (Å²) in [5, 5.41) is 6.13. The second-order valence-electron chi connectivity index (χ2n) is 6.36. The Morgan fingerprint density at radius 3 is 2.44 bits per heavy atom. The maximum atomic E-state index is 13.9. The second-order valence-corrected chi connectivity index (χ2v) is 6.77. The quantitative estimate of drug-likeness (QED) is 0.462. The molecule has 2 nitrogen and oxygen atoms in total. The van der Waals surface area contributed by atoms with Crippen LogP contribution in [0.15, 0.2) is 36.4 Å². The van der Waals surface area contributed by atoms with Gasteiger partial charge in [0.1, 0.15) is 5.82 Å². The minimum absolute atomic E-state index is 0.0105. The van der Waals surface area contributed by atoms with Crippen molar-refractivity contribution in [3.05, 3.63) is 64.5 Å². The Morgan fingerprint density at radius 2 is 1.85 bits per heavy atom. The molecule has 27 heavy (non-hydrogen) atoms. The molecule has 0 unspecified atom stereocenters. The van der Waals surface area contributed by atoms with E-state index in [1.165, 1.54) is 5.56 Å². The molecule has 2 N–H and O–H groups in total. The highest BCUT2D eigenvalue weighted by Crippen LogP contribution is 2.30. The summed E-state index contributed by atoms with van der Waals surface area (Å²) in [6.07, 6.45) is -1.28. The van der Waals surface area contributed by atoms with Gasteiger partial charge in [0.2, 0.25) is 0 Å². The molecule has 0 atom stereocenters. The molecule has 0 saturated heterocycles. The summed E-state index contributed by atoms with van der Waals surface area (Å²) in [7, 11) is 0. The Bertz CT molecular complexity index is 803. The zero-order valence-electron chi connectivity index (χ0n) is 15.2. The first-order valence-corrected chi connectivity index (χ1v) is 9.11. The molecule has 146 valence electrons. The van der Waals surface area contributed by atoms with Gasteiger partial charge < -0.3 is 10.6 Å². The number of anilines is 1. The normalized spacial score (nSPS) is 11.3. The molecule has 2 rings (SSSR count). The number of unbranched alkanes of at least 4 members (excludes halogenated alkanes) is 1. The summed E-state index contributed by atoms with van der Waals surface area (Å²) in [5.74, 6) is -0.920. The lowest BCUT2D eigenvalue weighted by molar-refractivity contribution is -0.137. The number of nitrogens with one attached hydrogen (secondary N) is 2. The molecule has 0 heterocycles. The fourth-order valence-electron chi connectivity index (χ4n) is 2.61. The molecule has 2 aromatic carbocycles. The smallest absolute Gasteiger partial charge is 0.358 e. The van der Waals surface area contributed by atoms with Gasteiger partial charge in [0.15, 0.2) is 5.11 Å². The molecule has 0 aromatic heterocycles. The molecule has 0 aliphatic carbocycles. The van der Waals surface area contributed by atoms with Crippen LogP contribution in [0.5, 0.6) is 0 Å². The summed E-state index contributed by atoms with van der Waals surface area (Å²) in [6, 6.07) is 8.52. The van der Waals surface area contributed by atoms with Gasteiger partial charge in [0.05, 0.1) is 5.56 Å². The van der Waals surface area contributed by atoms with Gasteiger partial charge in [-0.2, -0.15) is 13.2 Å². The Hall–Kier alpha value is -2.15. The van der Waals surface area contributed by atoms with Crippen molar-refractivity contribution in [2.45, 2.75) is 45.8 Å². The Kier molecular flexibility index (Phi) is 7.18. The van der Waals surface area contributed by atoms with E-state index in [0.29, 0.717) is 6.07 Å². The lowest BCUT2D eigenvalue weighted by atomic mass is 10.0. The van der Waals surface area contributed by atoms with E-state index < -0.39 is 17.6 Å². The number of aryl methyl sites for hydroxylation is 2. The molecule has 0 bridgehead atoms. The number of thiocarbonyl (C=S) groups is 1. The van der Waals surface area contributed by atoms with Crippen molar-refractivity contribution in [2.24, 2.45) is 0 Å². The van der Waals surface area contributed by atoms with Crippen LogP contribution in [-0.4, -0.2) is 5.11 Å². The van der Waals surface area contributed by atoms with Crippen LogP contribution in [0, 0.1) is 12.7 Å². The fraction of sp³-hybridized carbons (Fsp3) is 0.350. The summed E-state index contributed by atoms with van der Waals surface area (Å²) >= 11 is 5.20. The van der Waals surface area contributed by atoms with E-state index in [-0.39, 0.29) is 17.2 Å². The summed E-state index contributed by atoms with van der Waals surface area (Å²) < 4.78 is 51.6. The van der Waals surface area contributed by atoms with Crippen LogP contribution >= 0.6 is 12.2 Å². The zero-order valence-corrected chi connectivity index (χ0v) is 16.0. The molecule has 0 spiro atoms. The van der Waals surface area contributed by atoms with E-state index in [9.17, 15) is 17.6 Å². The molecule has 2 aromatic rings. The number of alkyl halides is 3. The van der Waals surface area contributed by atoms with Crippen molar-refractivity contribution in [1.82, 2.24) is 5.32 Å². The fourth-order valence-corrected chi connectivity index (χ4v) is 2.79. The van der Waals surface area contributed by atoms with E-state index in [1.807, 2.05) is 19.1 Å². The number of rotatable bonds is 6. The maximum Gasteiger partial charge on any atom is 0.416 e. The van der Waals surface area contributed by atoms with Crippen molar-refractivity contribution in [3.8, 4) is 0 Å². The third-order valence-corrected chi connectivity index (χ3v) is 4.42. The number of hydrogen-bond acceptors (Lipinski definition) is 1. The largest absolute Gasteiger partial charge is 0.416 e. The van der Waals surface area contributed by atoms with Gasteiger partial charge in [-0.1, -0.05) is 31.5 Å². The van der Waals surface area contributed by atoms with Gasteiger partial charge in [-0.05, 0) is 61.3 Å². The highest BCUT2D eigenvalue weighted by Gasteiger charge is 2.31. The summed E-state index contributed by atoms with van der Waals surface area (Å²) in [6.45, 7) is 4.10. The molecule has 0 amide bonds. The van der Waals surface area contributed by atoms with Crippen LogP contribution < -0.4 is 10.6 Å². The predicted molar refractivity (Wildman–Crippen MR) is 104 cm³/mol. The highest BCUT2D eigenvalue weighted by atomic mass is 32.1. The van der Waals surface area contributed by atoms with Crippen LogP contribution in [-0.2, 0) is 19.1 Å². The third kappa shape index (κ3) is 6.20. The van der Waals surface area contributed by atoms with Crippen LogP contribution in [0.1, 0.15) is 42.0 Å². The van der Waals surface area contributed by atoms with Gasteiger partial charge in [-0.15, -0.1) is 0 Å². The first-order chi connectivity index (χ1) is 12.7. The van der Waals surface area contributed by atoms with E-state index >= 15 is 0 Å². The second kappa shape index (κ2) is 9.17. The van der Waals surface area contributed by atoms with Crippen molar-refractivity contribution in [3.63, 3.8) is 0 Å². The van der Waals surface area contributed by atoms with Crippen molar-refractivity contribution >= 4 is 23.0 Å². The molecule has 0 saturated carbocycles. The molecule has 0 fully saturated rings. The molecular formula is C20H22F4N2S. The predicted octanol–water partition coefficient (Wildman–Crippen LogP) is 5.98. The topological polar surface area (TPSA) is 24.1 Å². The highest BCUT2D eigenvalue weighted by molar-refractivity contribution is 7.80. The lowest BCUT2D eigenvalue weighted by Crippen LogP contribution is -2.28. The Balaban J connectivity index is 1.95. The van der Waals surface area contributed by atoms with Crippen LogP contribution in [0.3, 0.4) is 0 Å². The van der Waals surface area contributed by atoms with E-state index in [1.54, 1.807) is 0 Å². The van der Waals surface area contributed by atoms with E-state index in [4.69, 9.17) is 12.2 Å². The van der Waals surface area contributed by atoms with Crippen LogP contribution in [0.4, 0.5) is 23.2 Å². The number of benzene rings is 2. The SMILES string of the molecule is CCCCc1ccc(NC(=S)NCc2ccc(C(F)(F)F)cc2F)c(C)c1. The Morgan fingerprint density at radius 1 is 1.11 bits per heavy atom. The Labute approximate surface area is 162 Å². The van der Waals surface area contributed by atoms with E-state index in [0.717, 1.165) is 42.6 Å². The van der Waals surface area contributed by atoms with Crippen molar-refractivity contribution in [1.29, 1.82) is 0 Å². The van der Waals surface area contributed by atoms with Crippen molar-refractivity contribution in [2.75, 3.05) is 5.32 Å². The van der Waals surface area contributed by atoms with Gasteiger partial charge in [0, 0.05) is 17.8 Å². The zero-order chi connectivity index (χ0) is 20.0. The lowest BCUT2D eigenvalue weighted by Gasteiger charge is -2.14. The molecular weight excluding hydrogens is 376 g/mol. The number of hydrogen-bond donors (Lipinski definition) is 2. The summed E-state index contributed by atoms with van der Waals surface area (Å²) in [5.41, 5.74) is 2.22. The summed E-state index contributed by atoms with van der Waals surface area (Å²) in [4.78, 5) is 0. The van der Waals surface area contributed by atoms with Gasteiger partial charge in [-0.25, -0.2) is 4.39 Å². The molecule has 7 heteroatoms. The number of halogens is 4. The van der Waals surface area contributed by atoms with Crippen LogP contribution in [0.25, 0.3) is 0 Å². The average Bonchev–Trinajstić information content (AvgIpc) is 2.60. The minimum atomic E-state index is -4.57. The van der Waals surface area contributed by atoms with Crippen LogP contribution in [0.2, 0.25) is 0 Å². The molecule has 0 aliphatic heterocycles. The first-order valence-electron chi connectivity index (χ1n) is 8.70. The van der Waals surface area contributed by atoms with E-state index in [2.05, 4.69) is 23.6 Å². The van der Waals surface area contributed by atoms with Gasteiger partial charge in [-0.3, -0.25) is 0 Å². The average molecular weight is 398 g/mol. The van der Waals surface area contributed by atoms with Crippen molar-refractivity contribution < 1.29 is 17.6 Å². The van der Waals surface area contributed by atoms with Gasteiger partial charge in [0.25, 0.3) is 0 Å². The monoisotopic (exact) mass is 398 g/mol. The third-order valence-electron chi connectivity index (χ3n) is 4.18. The first kappa shape index (κ1) is 21.2. The molecule has 0 aliphatic rings.